The Kier molecular flexibility index (Phi) is 3.90. The van der Waals surface area contributed by atoms with Gasteiger partial charge in [-0.05, 0) is 37.4 Å². The van der Waals surface area contributed by atoms with Crippen LogP contribution in [0.2, 0.25) is 5.02 Å². The van der Waals surface area contributed by atoms with Gasteiger partial charge in [0.2, 0.25) is 0 Å². The Morgan fingerprint density at radius 2 is 1.94 bits per heavy atom. The third-order valence-electron chi connectivity index (χ3n) is 2.16. The highest BCUT2D eigenvalue weighted by Gasteiger charge is 1.99. The molecule has 1 heterocycles. The van der Waals surface area contributed by atoms with Crippen LogP contribution in [-0.2, 0) is 6.54 Å². The maximum atomic E-state index is 5.82. The zero-order valence-electron chi connectivity index (χ0n) is 9.44. The average molecular weight is 249 g/mol. The molecule has 2 rings (SSSR count). The van der Waals surface area contributed by atoms with Gasteiger partial charge in [-0.15, -0.1) is 0 Å². The standard InChI is InChI=1S/C12H13ClN4/c1-14-8-12-15-7-6-11(17-12)16-10-4-2-9(13)3-5-10/h2-7,14H,8H2,1H3,(H,15,16,17). The van der Waals surface area contributed by atoms with Crippen LogP contribution in [0, 0.1) is 0 Å². The fourth-order valence-electron chi connectivity index (χ4n) is 1.39. The summed E-state index contributed by atoms with van der Waals surface area (Å²) in [6.07, 6.45) is 1.73. The Labute approximate surface area is 105 Å². The van der Waals surface area contributed by atoms with E-state index in [0.717, 1.165) is 17.3 Å². The van der Waals surface area contributed by atoms with E-state index in [1.54, 1.807) is 6.20 Å². The molecule has 17 heavy (non-hydrogen) atoms. The molecule has 88 valence electrons. The van der Waals surface area contributed by atoms with Crippen molar-refractivity contribution in [2.75, 3.05) is 12.4 Å². The normalized spacial score (nSPS) is 10.2. The molecule has 0 aliphatic carbocycles. The first-order valence-electron chi connectivity index (χ1n) is 5.27. The summed E-state index contributed by atoms with van der Waals surface area (Å²) in [4.78, 5) is 8.51. The first kappa shape index (κ1) is 11.8. The monoisotopic (exact) mass is 248 g/mol. The lowest BCUT2D eigenvalue weighted by Gasteiger charge is -2.06. The molecule has 1 aromatic heterocycles. The van der Waals surface area contributed by atoms with Crippen LogP contribution in [-0.4, -0.2) is 17.0 Å². The van der Waals surface area contributed by atoms with E-state index < -0.39 is 0 Å². The number of nitrogens with one attached hydrogen (secondary N) is 2. The molecule has 0 unspecified atom stereocenters. The zero-order valence-corrected chi connectivity index (χ0v) is 10.2. The Morgan fingerprint density at radius 1 is 1.18 bits per heavy atom. The fourth-order valence-corrected chi connectivity index (χ4v) is 1.52. The van der Waals surface area contributed by atoms with E-state index in [1.165, 1.54) is 0 Å². The van der Waals surface area contributed by atoms with Gasteiger partial charge in [0.1, 0.15) is 11.6 Å². The Morgan fingerprint density at radius 3 is 2.65 bits per heavy atom. The molecule has 0 aliphatic rings. The first-order chi connectivity index (χ1) is 8.28. The number of rotatable bonds is 4. The zero-order chi connectivity index (χ0) is 12.1. The van der Waals surface area contributed by atoms with Crippen molar-refractivity contribution in [3.05, 3.63) is 47.4 Å². The number of hydrogen-bond acceptors (Lipinski definition) is 4. The molecule has 0 saturated heterocycles. The number of halogens is 1. The number of benzene rings is 1. The van der Waals surface area contributed by atoms with Crippen LogP contribution in [0.15, 0.2) is 36.5 Å². The van der Waals surface area contributed by atoms with E-state index in [9.17, 15) is 0 Å². The molecule has 0 saturated carbocycles. The summed E-state index contributed by atoms with van der Waals surface area (Å²) < 4.78 is 0. The topological polar surface area (TPSA) is 49.8 Å². The Hall–Kier alpha value is -1.65. The van der Waals surface area contributed by atoms with E-state index in [0.29, 0.717) is 11.6 Å². The van der Waals surface area contributed by atoms with Crippen LogP contribution in [0.1, 0.15) is 5.82 Å². The SMILES string of the molecule is CNCc1nccc(Nc2ccc(Cl)cc2)n1. The van der Waals surface area contributed by atoms with Gasteiger partial charge in [0, 0.05) is 16.9 Å². The molecule has 4 nitrogen and oxygen atoms in total. The van der Waals surface area contributed by atoms with Crippen molar-refractivity contribution in [3.63, 3.8) is 0 Å². The molecule has 0 aliphatic heterocycles. The van der Waals surface area contributed by atoms with E-state index >= 15 is 0 Å². The van der Waals surface area contributed by atoms with Crippen LogP contribution in [0.5, 0.6) is 0 Å². The summed E-state index contributed by atoms with van der Waals surface area (Å²) >= 11 is 5.82. The minimum atomic E-state index is 0.649. The van der Waals surface area contributed by atoms with Crippen molar-refractivity contribution in [2.24, 2.45) is 0 Å². The lowest BCUT2D eigenvalue weighted by atomic mass is 10.3. The third-order valence-corrected chi connectivity index (χ3v) is 2.41. The van der Waals surface area contributed by atoms with Crippen molar-refractivity contribution in [1.29, 1.82) is 0 Å². The van der Waals surface area contributed by atoms with Gasteiger partial charge in [0.25, 0.3) is 0 Å². The van der Waals surface area contributed by atoms with E-state index in [2.05, 4.69) is 20.6 Å². The first-order valence-corrected chi connectivity index (χ1v) is 5.65. The van der Waals surface area contributed by atoms with Crippen molar-refractivity contribution in [3.8, 4) is 0 Å². The second-order valence-electron chi connectivity index (χ2n) is 3.52. The van der Waals surface area contributed by atoms with Gasteiger partial charge >= 0.3 is 0 Å². The minimum absolute atomic E-state index is 0.649. The summed E-state index contributed by atoms with van der Waals surface area (Å²) in [5.41, 5.74) is 0.948. The summed E-state index contributed by atoms with van der Waals surface area (Å²) in [5.74, 6) is 1.53. The lowest BCUT2D eigenvalue weighted by molar-refractivity contribution is 0.759. The van der Waals surface area contributed by atoms with Gasteiger partial charge in [-0.3, -0.25) is 0 Å². The highest BCUT2D eigenvalue weighted by atomic mass is 35.5. The molecular weight excluding hydrogens is 236 g/mol. The molecule has 0 fully saturated rings. The molecule has 0 radical (unpaired) electrons. The molecule has 2 aromatic rings. The molecule has 1 aromatic carbocycles. The minimum Gasteiger partial charge on any atom is -0.340 e. The quantitative estimate of drug-likeness (QED) is 0.873. The largest absolute Gasteiger partial charge is 0.340 e. The van der Waals surface area contributed by atoms with Gasteiger partial charge in [-0.2, -0.15) is 0 Å². The van der Waals surface area contributed by atoms with Crippen LogP contribution < -0.4 is 10.6 Å². The second-order valence-corrected chi connectivity index (χ2v) is 3.96. The summed E-state index contributed by atoms with van der Waals surface area (Å²) in [5, 5.41) is 6.92. The number of nitrogens with zero attached hydrogens (tertiary/aromatic N) is 2. The molecule has 5 heteroatoms. The average Bonchev–Trinajstić information content (AvgIpc) is 2.33. The smallest absolute Gasteiger partial charge is 0.144 e. The molecular formula is C12H13ClN4. The van der Waals surface area contributed by atoms with Crippen LogP contribution >= 0.6 is 11.6 Å². The highest BCUT2D eigenvalue weighted by molar-refractivity contribution is 6.30. The fraction of sp³-hybridized carbons (Fsp3) is 0.167. The summed E-state index contributed by atoms with van der Waals surface area (Å²) in [7, 11) is 1.86. The van der Waals surface area contributed by atoms with E-state index in [4.69, 9.17) is 11.6 Å². The van der Waals surface area contributed by atoms with Crippen molar-refractivity contribution < 1.29 is 0 Å². The molecule has 2 N–H and O–H groups in total. The number of aromatic nitrogens is 2. The van der Waals surface area contributed by atoms with Crippen LogP contribution in [0.3, 0.4) is 0 Å². The predicted octanol–water partition coefficient (Wildman–Crippen LogP) is 2.59. The molecule has 0 spiro atoms. The summed E-state index contributed by atoms with van der Waals surface area (Å²) in [6.45, 7) is 0.649. The van der Waals surface area contributed by atoms with Crippen molar-refractivity contribution in [2.45, 2.75) is 6.54 Å². The molecule has 0 bridgehead atoms. The maximum absolute atomic E-state index is 5.82. The summed E-state index contributed by atoms with van der Waals surface area (Å²) in [6, 6.07) is 9.30. The Balaban J connectivity index is 2.12. The van der Waals surface area contributed by atoms with Crippen molar-refractivity contribution >= 4 is 23.1 Å². The van der Waals surface area contributed by atoms with Gasteiger partial charge in [0.05, 0.1) is 6.54 Å². The van der Waals surface area contributed by atoms with Crippen LogP contribution in [0.25, 0.3) is 0 Å². The van der Waals surface area contributed by atoms with Crippen LogP contribution in [0.4, 0.5) is 11.5 Å². The Bertz CT molecular complexity index is 484. The van der Waals surface area contributed by atoms with Gasteiger partial charge in [-0.25, -0.2) is 9.97 Å². The maximum Gasteiger partial charge on any atom is 0.144 e. The number of hydrogen-bond donors (Lipinski definition) is 2. The third kappa shape index (κ3) is 3.41. The molecule has 0 amide bonds. The predicted molar refractivity (Wildman–Crippen MR) is 69.5 cm³/mol. The number of anilines is 2. The van der Waals surface area contributed by atoms with Crippen molar-refractivity contribution in [1.82, 2.24) is 15.3 Å². The lowest BCUT2D eigenvalue weighted by Crippen LogP contribution is -2.09. The highest BCUT2D eigenvalue weighted by Crippen LogP contribution is 2.17. The van der Waals surface area contributed by atoms with Gasteiger partial charge in [0.15, 0.2) is 0 Å². The van der Waals surface area contributed by atoms with Gasteiger partial charge < -0.3 is 10.6 Å². The van der Waals surface area contributed by atoms with Gasteiger partial charge in [-0.1, -0.05) is 11.6 Å². The second kappa shape index (κ2) is 5.61. The van der Waals surface area contributed by atoms with E-state index in [-0.39, 0.29) is 0 Å². The molecule has 0 atom stereocenters. The van der Waals surface area contributed by atoms with E-state index in [1.807, 2.05) is 37.4 Å².